The van der Waals surface area contributed by atoms with E-state index in [1.165, 1.54) is 0 Å². The van der Waals surface area contributed by atoms with Gasteiger partial charge in [0.15, 0.2) is 0 Å². The first-order valence-electron chi connectivity index (χ1n) is 7.22. The zero-order valence-electron chi connectivity index (χ0n) is 12.9. The van der Waals surface area contributed by atoms with Crippen LogP contribution in [0.1, 0.15) is 35.9 Å². The number of nitrogens with zero attached hydrogens (tertiary/aromatic N) is 4. The van der Waals surface area contributed by atoms with Crippen LogP contribution in [0.4, 0.5) is 5.69 Å². The highest BCUT2D eigenvalue weighted by molar-refractivity contribution is 5.98. The third kappa shape index (κ3) is 2.65. The van der Waals surface area contributed by atoms with E-state index in [1.54, 1.807) is 11.7 Å². The van der Waals surface area contributed by atoms with Gasteiger partial charge in [-0.05, 0) is 39.4 Å². The van der Waals surface area contributed by atoms with Gasteiger partial charge in [0.05, 0.1) is 11.4 Å². The molecule has 2 heterocycles. The van der Waals surface area contributed by atoms with E-state index in [-0.39, 0.29) is 11.9 Å². The number of aromatic nitrogens is 2. The molecule has 0 aliphatic carbocycles. The van der Waals surface area contributed by atoms with Gasteiger partial charge >= 0.3 is 0 Å². The maximum atomic E-state index is 12.7. The summed E-state index contributed by atoms with van der Waals surface area (Å²) < 4.78 is 1.61. The van der Waals surface area contributed by atoms with E-state index in [0.29, 0.717) is 11.4 Å². The Morgan fingerprint density at radius 2 is 2.00 bits per heavy atom. The Balaban J connectivity index is 2.16. The lowest BCUT2D eigenvalue weighted by Crippen LogP contribution is -2.45. The number of carbonyl (C=O) groups is 1. The maximum absolute atomic E-state index is 12.7. The van der Waals surface area contributed by atoms with Crippen molar-refractivity contribution >= 4 is 11.6 Å². The molecule has 1 fully saturated rings. The molecule has 0 atom stereocenters. The minimum atomic E-state index is -0.0215. The minimum Gasteiger partial charge on any atom is -0.395 e. The van der Waals surface area contributed by atoms with Crippen LogP contribution in [0.15, 0.2) is 0 Å². The Bertz CT molecular complexity index is 488. The standard InChI is InChI=1S/C14H25N5O/c1-5-11-12(15)13(19(4)16-11)14(20)18(3)10-6-8-17(2)9-7-10/h10H,5-9,15H2,1-4H3. The Hall–Kier alpha value is -1.56. The zero-order chi connectivity index (χ0) is 14.9. The normalized spacial score (nSPS) is 17.4. The molecule has 1 saturated heterocycles. The number of hydrogen-bond acceptors (Lipinski definition) is 4. The van der Waals surface area contributed by atoms with Crippen molar-refractivity contribution in [3.8, 4) is 0 Å². The van der Waals surface area contributed by atoms with Gasteiger partial charge in [0.1, 0.15) is 5.69 Å². The second-order valence-electron chi connectivity index (χ2n) is 5.64. The third-order valence-corrected chi connectivity index (χ3v) is 4.25. The summed E-state index contributed by atoms with van der Waals surface area (Å²) >= 11 is 0. The van der Waals surface area contributed by atoms with Gasteiger partial charge in [-0.3, -0.25) is 9.48 Å². The van der Waals surface area contributed by atoms with Gasteiger partial charge in [0.2, 0.25) is 0 Å². The molecule has 1 amide bonds. The zero-order valence-corrected chi connectivity index (χ0v) is 12.9. The summed E-state index contributed by atoms with van der Waals surface area (Å²) in [6.45, 7) is 4.06. The molecule has 20 heavy (non-hydrogen) atoms. The number of nitrogen functional groups attached to an aromatic ring is 1. The molecule has 1 aromatic heterocycles. The summed E-state index contributed by atoms with van der Waals surface area (Å²) in [6, 6.07) is 0.290. The van der Waals surface area contributed by atoms with Gasteiger partial charge in [-0.1, -0.05) is 6.92 Å². The fourth-order valence-electron chi connectivity index (χ4n) is 2.83. The number of anilines is 1. The summed E-state index contributed by atoms with van der Waals surface area (Å²) in [7, 11) is 5.77. The number of aryl methyl sites for hydroxylation is 2. The highest BCUT2D eigenvalue weighted by atomic mass is 16.2. The Morgan fingerprint density at radius 1 is 1.40 bits per heavy atom. The average molecular weight is 279 g/mol. The van der Waals surface area contributed by atoms with E-state index >= 15 is 0 Å². The van der Waals surface area contributed by atoms with Crippen LogP contribution in [0.5, 0.6) is 0 Å². The smallest absolute Gasteiger partial charge is 0.274 e. The molecule has 0 aromatic carbocycles. The van der Waals surface area contributed by atoms with E-state index in [9.17, 15) is 4.79 Å². The van der Waals surface area contributed by atoms with Crippen LogP contribution in [-0.2, 0) is 13.5 Å². The van der Waals surface area contributed by atoms with Gasteiger partial charge in [0.25, 0.3) is 5.91 Å². The third-order valence-electron chi connectivity index (χ3n) is 4.25. The van der Waals surface area contributed by atoms with Crippen LogP contribution in [0.25, 0.3) is 0 Å². The number of hydrogen-bond donors (Lipinski definition) is 1. The number of rotatable bonds is 3. The monoisotopic (exact) mass is 279 g/mol. The molecule has 1 aromatic rings. The first kappa shape index (κ1) is 14.8. The van der Waals surface area contributed by atoms with Gasteiger partial charge in [0, 0.05) is 20.1 Å². The summed E-state index contributed by atoms with van der Waals surface area (Å²) in [5, 5.41) is 4.33. The summed E-state index contributed by atoms with van der Waals surface area (Å²) in [4.78, 5) is 16.8. The molecule has 6 heteroatoms. The quantitative estimate of drug-likeness (QED) is 0.886. The first-order valence-corrected chi connectivity index (χ1v) is 7.22. The number of carbonyl (C=O) groups excluding carboxylic acids is 1. The topological polar surface area (TPSA) is 67.4 Å². The minimum absolute atomic E-state index is 0.0215. The van der Waals surface area contributed by atoms with Crippen molar-refractivity contribution in [2.24, 2.45) is 7.05 Å². The lowest BCUT2D eigenvalue weighted by atomic mass is 10.0. The molecule has 1 aliphatic rings. The van der Waals surface area contributed by atoms with Crippen LogP contribution in [-0.4, -0.2) is 58.7 Å². The van der Waals surface area contributed by atoms with Gasteiger partial charge in [-0.25, -0.2) is 0 Å². The second-order valence-corrected chi connectivity index (χ2v) is 5.64. The lowest BCUT2D eigenvalue weighted by molar-refractivity contribution is 0.0650. The largest absolute Gasteiger partial charge is 0.395 e. The molecule has 6 nitrogen and oxygen atoms in total. The van der Waals surface area contributed by atoms with Crippen molar-refractivity contribution in [1.29, 1.82) is 0 Å². The molecule has 112 valence electrons. The van der Waals surface area contributed by atoms with E-state index in [1.807, 2.05) is 18.9 Å². The summed E-state index contributed by atoms with van der Waals surface area (Å²) in [5.41, 5.74) is 7.91. The first-order chi connectivity index (χ1) is 9.45. The molecule has 0 bridgehead atoms. The molecule has 2 N–H and O–H groups in total. The number of likely N-dealkylation sites (tertiary alicyclic amines) is 1. The summed E-state index contributed by atoms with van der Waals surface area (Å²) in [5.74, 6) is -0.0215. The second kappa shape index (κ2) is 5.83. The maximum Gasteiger partial charge on any atom is 0.274 e. The van der Waals surface area contributed by atoms with Gasteiger partial charge in [-0.2, -0.15) is 5.10 Å². The Morgan fingerprint density at radius 3 is 2.50 bits per heavy atom. The number of piperidine rings is 1. The molecule has 0 spiro atoms. The van der Waals surface area contributed by atoms with Crippen molar-refractivity contribution in [3.05, 3.63) is 11.4 Å². The predicted octanol–water partition coefficient (Wildman–Crippen LogP) is 0.731. The van der Waals surface area contributed by atoms with E-state index in [0.717, 1.165) is 38.0 Å². The van der Waals surface area contributed by atoms with E-state index in [2.05, 4.69) is 17.0 Å². The molecule has 1 aliphatic heterocycles. The van der Waals surface area contributed by atoms with Crippen molar-refractivity contribution in [3.63, 3.8) is 0 Å². The fourth-order valence-corrected chi connectivity index (χ4v) is 2.83. The lowest BCUT2D eigenvalue weighted by Gasteiger charge is -2.35. The predicted molar refractivity (Wildman–Crippen MR) is 79.6 cm³/mol. The number of nitrogens with two attached hydrogens (primary N) is 1. The highest BCUT2D eigenvalue weighted by Gasteiger charge is 2.28. The fraction of sp³-hybridized carbons (Fsp3) is 0.714. The molecule has 2 rings (SSSR count). The molecule has 0 radical (unpaired) electrons. The van der Waals surface area contributed by atoms with Crippen LogP contribution in [0.3, 0.4) is 0 Å². The summed E-state index contributed by atoms with van der Waals surface area (Å²) in [6.07, 6.45) is 2.76. The Labute approximate surface area is 120 Å². The number of amides is 1. The van der Waals surface area contributed by atoms with E-state index < -0.39 is 0 Å². The van der Waals surface area contributed by atoms with Crippen molar-refractivity contribution in [2.45, 2.75) is 32.2 Å². The SMILES string of the molecule is CCc1nn(C)c(C(=O)N(C)C2CCN(C)CC2)c1N. The van der Waals surface area contributed by atoms with Crippen LogP contribution in [0.2, 0.25) is 0 Å². The van der Waals surface area contributed by atoms with Crippen LogP contribution >= 0.6 is 0 Å². The van der Waals surface area contributed by atoms with Gasteiger partial charge in [-0.15, -0.1) is 0 Å². The van der Waals surface area contributed by atoms with Gasteiger partial charge < -0.3 is 15.5 Å². The molecular formula is C14H25N5O. The molecular weight excluding hydrogens is 254 g/mol. The highest BCUT2D eigenvalue weighted by Crippen LogP contribution is 2.22. The average Bonchev–Trinajstić information content (AvgIpc) is 2.72. The van der Waals surface area contributed by atoms with Crippen molar-refractivity contribution < 1.29 is 4.79 Å². The molecule has 0 unspecified atom stereocenters. The Kier molecular flexibility index (Phi) is 4.32. The van der Waals surface area contributed by atoms with Crippen molar-refractivity contribution in [2.75, 3.05) is 32.9 Å². The van der Waals surface area contributed by atoms with Crippen molar-refractivity contribution in [1.82, 2.24) is 19.6 Å². The van der Waals surface area contributed by atoms with E-state index in [4.69, 9.17) is 5.73 Å². The van der Waals surface area contributed by atoms with Crippen LogP contribution in [0, 0.1) is 0 Å². The molecule has 0 saturated carbocycles. The van der Waals surface area contributed by atoms with Crippen LogP contribution < -0.4 is 5.73 Å².